The first-order valence-electron chi connectivity index (χ1n) is 11.9. The third-order valence-corrected chi connectivity index (χ3v) is 6.94. The Morgan fingerprint density at radius 2 is 1.74 bits per heavy atom. The molecule has 0 radical (unpaired) electrons. The maximum atomic E-state index is 12.5. The fourth-order valence-corrected chi connectivity index (χ4v) is 4.90. The number of hydrogen-bond acceptors (Lipinski definition) is 4. The molecule has 1 aromatic carbocycles. The van der Waals surface area contributed by atoms with E-state index in [2.05, 4.69) is 76.9 Å². The van der Waals surface area contributed by atoms with Crippen LogP contribution >= 0.6 is 0 Å². The number of benzene rings is 1. The lowest BCUT2D eigenvalue weighted by molar-refractivity contribution is -0.123. The highest BCUT2D eigenvalue weighted by Crippen LogP contribution is 2.32. The van der Waals surface area contributed by atoms with Crippen LogP contribution in [0.5, 0.6) is 0 Å². The van der Waals surface area contributed by atoms with E-state index >= 15 is 0 Å². The number of nitrogens with one attached hydrogen (secondary N) is 1. The van der Waals surface area contributed by atoms with Crippen molar-refractivity contribution in [3.05, 3.63) is 47.5 Å². The summed E-state index contributed by atoms with van der Waals surface area (Å²) in [7, 11) is 0. The van der Waals surface area contributed by atoms with E-state index in [1.54, 1.807) is 0 Å². The van der Waals surface area contributed by atoms with Gasteiger partial charge in [-0.1, -0.05) is 44.2 Å². The van der Waals surface area contributed by atoms with Crippen LogP contribution in [0.25, 0.3) is 0 Å². The Hall–Kier alpha value is -2.21. The third-order valence-electron chi connectivity index (χ3n) is 6.94. The second kappa shape index (κ2) is 9.51. The maximum absolute atomic E-state index is 12.5. The molecule has 1 saturated carbocycles. The van der Waals surface area contributed by atoms with Crippen molar-refractivity contribution in [3.8, 4) is 0 Å². The van der Waals surface area contributed by atoms with Gasteiger partial charge in [0.1, 0.15) is 11.6 Å². The molecule has 0 spiro atoms. The van der Waals surface area contributed by atoms with Gasteiger partial charge in [0, 0.05) is 37.0 Å². The molecule has 1 aliphatic heterocycles. The van der Waals surface area contributed by atoms with Gasteiger partial charge < -0.3 is 14.8 Å². The number of rotatable bonds is 8. The molecule has 4 rings (SSSR count). The monoisotopic (exact) mass is 423 g/mol. The Kier molecular flexibility index (Phi) is 6.75. The predicted molar refractivity (Wildman–Crippen MR) is 123 cm³/mol. The predicted octanol–water partition coefficient (Wildman–Crippen LogP) is 4.39. The molecule has 6 heteroatoms. The van der Waals surface area contributed by atoms with Crippen LogP contribution in [-0.4, -0.2) is 44.7 Å². The molecular weight excluding hydrogens is 386 g/mol. The van der Waals surface area contributed by atoms with Gasteiger partial charge in [0.2, 0.25) is 5.91 Å². The van der Waals surface area contributed by atoms with Crippen molar-refractivity contribution < 1.29 is 4.79 Å². The number of amides is 1. The summed E-state index contributed by atoms with van der Waals surface area (Å²) >= 11 is 0. The normalized spacial score (nSPS) is 20.0. The summed E-state index contributed by atoms with van der Waals surface area (Å²) in [5, 5.41) is 12.1. The SMILES string of the molecule is Cc1nnc(C(C)C)n1C1CCN(C(C)C[C@H](NC(=O)C2CC2)c2ccccc2)CC1. The molecule has 1 amide bonds. The summed E-state index contributed by atoms with van der Waals surface area (Å²) in [6, 6.07) is 11.4. The van der Waals surface area contributed by atoms with Gasteiger partial charge in [-0.3, -0.25) is 4.79 Å². The number of likely N-dealkylation sites (tertiary alicyclic amines) is 1. The number of aryl methyl sites for hydroxylation is 1. The molecule has 31 heavy (non-hydrogen) atoms. The van der Waals surface area contributed by atoms with Gasteiger partial charge in [-0.15, -0.1) is 10.2 Å². The molecule has 1 aliphatic carbocycles. The molecule has 1 aromatic heterocycles. The molecule has 2 fully saturated rings. The molecule has 6 nitrogen and oxygen atoms in total. The number of aromatic nitrogens is 3. The summed E-state index contributed by atoms with van der Waals surface area (Å²) < 4.78 is 2.37. The molecule has 1 saturated heterocycles. The van der Waals surface area contributed by atoms with Crippen molar-refractivity contribution in [2.75, 3.05) is 13.1 Å². The van der Waals surface area contributed by atoms with Gasteiger partial charge in [-0.25, -0.2) is 0 Å². The number of hydrogen-bond donors (Lipinski definition) is 1. The topological polar surface area (TPSA) is 63.1 Å². The summed E-state index contributed by atoms with van der Waals surface area (Å²) in [4.78, 5) is 15.1. The lowest BCUT2D eigenvalue weighted by atomic mass is 9.96. The average Bonchev–Trinajstić information content (AvgIpc) is 3.55. The fourth-order valence-electron chi connectivity index (χ4n) is 4.90. The van der Waals surface area contributed by atoms with Crippen LogP contribution in [-0.2, 0) is 4.79 Å². The highest BCUT2D eigenvalue weighted by atomic mass is 16.2. The van der Waals surface area contributed by atoms with Gasteiger partial charge in [0.05, 0.1) is 6.04 Å². The average molecular weight is 424 g/mol. The van der Waals surface area contributed by atoms with Crippen LogP contribution < -0.4 is 5.32 Å². The molecule has 168 valence electrons. The second-order valence-electron chi connectivity index (χ2n) is 9.73. The smallest absolute Gasteiger partial charge is 0.223 e. The van der Waals surface area contributed by atoms with Gasteiger partial charge in [-0.2, -0.15) is 0 Å². The molecular formula is C25H37N5O. The van der Waals surface area contributed by atoms with E-state index in [1.165, 1.54) is 5.56 Å². The molecule has 0 bridgehead atoms. The van der Waals surface area contributed by atoms with Crippen molar-refractivity contribution in [3.63, 3.8) is 0 Å². The highest BCUT2D eigenvalue weighted by molar-refractivity contribution is 5.81. The van der Waals surface area contributed by atoms with E-state index < -0.39 is 0 Å². The van der Waals surface area contributed by atoms with Gasteiger partial charge >= 0.3 is 0 Å². The lowest BCUT2D eigenvalue weighted by Gasteiger charge is -2.38. The maximum Gasteiger partial charge on any atom is 0.223 e. The first-order chi connectivity index (χ1) is 14.9. The minimum Gasteiger partial charge on any atom is -0.349 e. The second-order valence-corrected chi connectivity index (χ2v) is 9.73. The van der Waals surface area contributed by atoms with Gasteiger partial charge in [0.15, 0.2) is 0 Å². The van der Waals surface area contributed by atoms with Crippen LogP contribution in [0.1, 0.15) is 88.1 Å². The number of nitrogens with zero attached hydrogens (tertiary/aromatic N) is 4. The van der Waals surface area contributed by atoms with E-state index in [-0.39, 0.29) is 17.9 Å². The molecule has 1 N–H and O–H groups in total. The Morgan fingerprint density at radius 3 is 2.35 bits per heavy atom. The first-order valence-corrected chi connectivity index (χ1v) is 11.9. The van der Waals surface area contributed by atoms with Crippen molar-refractivity contribution in [1.29, 1.82) is 0 Å². The van der Waals surface area contributed by atoms with Crippen LogP contribution in [0, 0.1) is 12.8 Å². The molecule has 2 atom stereocenters. The van der Waals surface area contributed by atoms with E-state index in [9.17, 15) is 4.79 Å². The fraction of sp³-hybridized carbons (Fsp3) is 0.640. The van der Waals surface area contributed by atoms with Crippen LogP contribution in [0.2, 0.25) is 0 Å². The summed E-state index contributed by atoms with van der Waals surface area (Å²) in [6.07, 6.45) is 5.26. The Morgan fingerprint density at radius 1 is 1.06 bits per heavy atom. The lowest BCUT2D eigenvalue weighted by Crippen LogP contribution is -2.43. The van der Waals surface area contributed by atoms with Crippen LogP contribution in [0.3, 0.4) is 0 Å². The van der Waals surface area contributed by atoms with E-state index in [0.29, 0.717) is 18.0 Å². The van der Waals surface area contributed by atoms with Gasteiger partial charge in [0.25, 0.3) is 0 Å². The zero-order valence-electron chi connectivity index (χ0n) is 19.4. The molecule has 1 unspecified atom stereocenters. The zero-order chi connectivity index (χ0) is 22.0. The highest BCUT2D eigenvalue weighted by Gasteiger charge is 2.33. The number of carbonyl (C=O) groups excluding carboxylic acids is 1. The summed E-state index contributed by atoms with van der Waals surface area (Å²) in [5.41, 5.74) is 1.21. The Bertz CT molecular complexity index is 865. The minimum absolute atomic E-state index is 0.0784. The van der Waals surface area contributed by atoms with Crippen molar-refractivity contribution in [1.82, 2.24) is 25.0 Å². The van der Waals surface area contributed by atoms with E-state index in [0.717, 1.165) is 56.8 Å². The zero-order valence-corrected chi connectivity index (χ0v) is 19.4. The van der Waals surface area contributed by atoms with Crippen molar-refractivity contribution in [2.45, 2.75) is 83.8 Å². The summed E-state index contributed by atoms with van der Waals surface area (Å²) in [5.74, 6) is 2.99. The van der Waals surface area contributed by atoms with Crippen molar-refractivity contribution in [2.24, 2.45) is 5.92 Å². The minimum atomic E-state index is 0.0784. The van der Waals surface area contributed by atoms with E-state index in [1.807, 2.05) is 6.07 Å². The molecule has 2 aromatic rings. The van der Waals surface area contributed by atoms with Crippen LogP contribution in [0.4, 0.5) is 0 Å². The van der Waals surface area contributed by atoms with Crippen molar-refractivity contribution >= 4 is 5.91 Å². The van der Waals surface area contributed by atoms with Gasteiger partial charge in [-0.05, 0) is 51.5 Å². The number of piperidine rings is 1. The molecule has 2 aliphatic rings. The standard InChI is InChI=1S/C25H37N5O/c1-17(2)24-28-27-19(4)30(24)22-12-14-29(15-13-22)18(3)16-23(20-8-6-5-7-9-20)26-25(31)21-10-11-21/h5-9,17-18,21-23H,10-16H2,1-4H3,(H,26,31)/t18?,23-/m0/s1. The van der Waals surface area contributed by atoms with E-state index in [4.69, 9.17) is 0 Å². The largest absolute Gasteiger partial charge is 0.349 e. The third kappa shape index (κ3) is 5.17. The Balaban J connectivity index is 1.38. The van der Waals surface area contributed by atoms with Crippen LogP contribution in [0.15, 0.2) is 30.3 Å². The molecule has 2 heterocycles. The Labute approximate surface area is 186 Å². The first kappa shape index (κ1) is 22.0. The quantitative estimate of drug-likeness (QED) is 0.684. The summed E-state index contributed by atoms with van der Waals surface area (Å²) in [6.45, 7) is 10.9. The number of carbonyl (C=O) groups is 1.